The number of hydrogen-bond acceptors (Lipinski definition) is 2. The second-order valence-electron chi connectivity index (χ2n) is 5.48. The largest absolute Gasteiger partial charge is 0.301 e. The fourth-order valence-corrected chi connectivity index (χ4v) is 3.31. The molecule has 1 aliphatic heterocycles. The van der Waals surface area contributed by atoms with E-state index < -0.39 is 0 Å². The van der Waals surface area contributed by atoms with Gasteiger partial charge in [0.25, 0.3) is 0 Å². The fourth-order valence-electron chi connectivity index (χ4n) is 2.80. The number of thioether (sulfide) groups is 1. The molecule has 16 heavy (non-hydrogen) atoms. The Hall–Kier alpha value is -0.470. The van der Waals surface area contributed by atoms with Crippen molar-refractivity contribution in [1.29, 1.82) is 0 Å². The van der Waals surface area contributed by atoms with Crippen LogP contribution in [-0.2, 0) is 17.7 Å². The zero-order chi connectivity index (χ0) is 11.8. The molecule has 0 radical (unpaired) electrons. The average Bonchev–Trinajstić information content (AvgIpc) is 2.15. The molecule has 0 saturated carbocycles. The van der Waals surface area contributed by atoms with Crippen LogP contribution in [0.3, 0.4) is 0 Å². The van der Waals surface area contributed by atoms with Crippen molar-refractivity contribution < 1.29 is 0 Å². The Morgan fingerprint density at radius 1 is 1.38 bits per heavy atom. The summed E-state index contributed by atoms with van der Waals surface area (Å²) in [5.41, 5.74) is 4.80. The fraction of sp³-hybridized carbons (Fsp3) is 0.571. The van der Waals surface area contributed by atoms with Crippen molar-refractivity contribution in [2.75, 3.05) is 19.8 Å². The van der Waals surface area contributed by atoms with E-state index in [0.717, 1.165) is 18.8 Å². The van der Waals surface area contributed by atoms with Crippen molar-refractivity contribution in [3.63, 3.8) is 0 Å². The van der Waals surface area contributed by atoms with Gasteiger partial charge in [-0.2, -0.15) is 11.8 Å². The van der Waals surface area contributed by atoms with Gasteiger partial charge in [-0.3, -0.25) is 0 Å². The summed E-state index contributed by atoms with van der Waals surface area (Å²) < 4.78 is 0. The predicted octanol–water partition coefficient (Wildman–Crippen LogP) is 3.27. The third-order valence-corrected chi connectivity index (χ3v) is 3.94. The highest BCUT2D eigenvalue weighted by molar-refractivity contribution is 7.97. The Kier molecular flexibility index (Phi) is 3.32. The van der Waals surface area contributed by atoms with Crippen molar-refractivity contribution >= 4 is 11.8 Å². The second-order valence-corrected chi connectivity index (χ2v) is 6.35. The Morgan fingerprint density at radius 2 is 2.12 bits per heavy atom. The summed E-state index contributed by atoms with van der Waals surface area (Å²) in [7, 11) is 2.21. The van der Waals surface area contributed by atoms with Gasteiger partial charge in [0.1, 0.15) is 0 Å². The number of nitrogens with zero attached hydrogens (tertiary/aromatic N) is 1. The molecule has 0 bridgehead atoms. The van der Waals surface area contributed by atoms with Crippen molar-refractivity contribution in [1.82, 2.24) is 4.90 Å². The van der Waals surface area contributed by atoms with Gasteiger partial charge in [-0.15, -0.1) is 0 Å². The molecule has 0 N–H and O–H groups in total. The Balaban J connectivity index is 2.39. The van der Waals surface area contributed by atoms with E-state index in [-0.39, 0.29) is 0 Å². The predicted molar refractivity (Wildman–Crippen MR) is 73.0 cm³/mol. The number of benzene rings is 1. The zero-order valence-corrected chi connectivity index (χ0v) is 11.5. The van der Waals surface area contributed by atoms with Crippen LogP contribution in [0, 0.1) is 0 Å². The third-order valence-electron chi connectivity index (χ3n) is 3.32. The molecule has 0 saturated heterocycles. The molecule has 1 heterocycles. The molecule has 1 aromatic rings. The average molecular weight is 235 g/mol. The zero-order valence-electron chi connectivity index (χ0n) is 10.7. The third kappa shape index (κ3) is 2.28. The van der Waals surface area contributed by atoms with Gasteiger partial charge in [-0.05, 0) is 30.0 Å². The van der Waals surface area contributed by atoms with Gasteiger partial charge in [0.2, 0.25) is 0 Å². The van der Waals surface area contributed by atoms with Crippen LogP contribution >= 0.6 is 11.8 Å². The molecule has 2 heteroatoms. The number of rotatable bonds is 2. The quantitative estimate of drug-likeness (QED) is 0.774. The van der Waals surface area contributed by atoms with E-state index in [1.807, 2.05) is 11.8 Å². The van der Waals surface area contributed by atoms with Gasteiger partial charge in [-0.25, -0.2) is 0 Å². The molecule has 0 amide bonds. The Labute approximate surface area is 103 Å². The minimum Gasteiger partial charge on any atom is -0.301 e. The molecular weight excluding hydrogens is 214 g/mol. The molecule has 0 spiro atoms. The smallest absolute Gasteiger partial charge is 0.0234 e. The van der Waals surface area contributed by atoms with E-state index in [4.69, 9.17) is 0 Å². The van der Waals surface area contributed by atoms with Crippen LogP contribution in [-0.4, -0.2) is 24.7 Å². The highest BCUT2D eigenvalue weighted by atomic mass is 32.2. The summed E-state index contributed by atoms with van der Waals surface area (Å²) in [6.07, 6.45) is 2.16. The highest BCUT2D eigenvalue weighted by Crippen LogP contribution is 2.33. The van der Waals surface area contributed by atoms with E-state index in [1.54, 1.807) is 0 Å². The van der Waals surface area contributed by atoms with Crippen LogP contribution in [0.2, 0.25) is 0 Å². The van der Waals surface area contributed by atoms with Gasteiger partial charge in [0.15, 0.2) is 0 Å². The number of likely N-dealkylation sites (N-methyl/N-ethyl adjacent to an activating group) is 1. The maximum atomic E-state index is 2.42. The van der Waals surface area contributed by atoms with Crippen LogP contribution in [0.1, 0.15) is 30.5 Å². The monoisotopic (exact) mass is 235 g/mol. The molecule has 0 aliphatic carbocycles. The maximum absolute atomic E-state index is 2.42. The summed E-state index contributed by atoms with van der Waals surface area (Å²) in [6.45, 7) is 6.94. The summed E-state index contributed by atoms with van der Waals surface area (Å²) in [5.74, 6) is 1.12. The van der Waals surface area contributed by atoms with Crippen LogP contribution < -0.4 is 0 Å². The van der Waals surface area contributed by atoms with E-state index in [1.165, 1.54) is 16.7 Å². The lowest BCUT2D eigenvalue weighted by Crippen LogP contribution is -2.39. The van der Waals surface area contributed by atoms with Crippen molar-refractivity contribution in [2.45, 2.75) is 31.6 Å². The molecule has 1 aliphatic rings. The summed E-state index contributed by atoms with van der Waals surface area (Å²) in [6, 6.07) is 7.03. The lowest BCUT2D eigenvalue weighted by molar-refractivity contribution is 0.235. The molecule has 1 nitrogen and oxygen atoms in total. The highest BCUT2D eigenvalue weighted by Gasteiger charge is 2.29. The van der Waals surface area contributed by atoms with Gasteiger partial charge in [0.05, 0.1) is 0 Å². The molecular formula is C14H21NS. The lowest BCUT2D eigenvalue weighted by atomic mass is 9.78. The van der Waals surface area contributed by atoms with Gasteiger partial charge in [-0.1, -0.05) is 32.0 Å². The first-order chi connectivity index (χ1) is 7.53. The van der Waals surface area contributed by atoms with E-state index in [2.05, 4.69) is 50.2 Å². The topological polar surface area (TPSA) is 3.24 Å². The van der Waals surface area contributed by atoms with E-state index >= 15 is 0 Å². The normalized spacial score (nSPS) is 19.5. The molecule has 2 rings (SSSR count). The van der Waals surface area contributed by atoms with Gasteiger partial charge < -0.3 is 4.90 Å². The summed E-state index contributed by atoms with van der Waals surface area (Å²) in [4.78, 5) is 2.42. The van der Waals surface area contributed by atoms with E-state index in [9.17, 15) is 0 Å². The molecule has 0 atom stereocenters. The van der Waals surface area contributed by atoms with Crippen LogP contribution in [0.5, 0.6) is 0 Å². The summed E-state index contributed by atoms with van der Waals surface area (Å²) in [5, 5.41) is 0. The molecule has 88 valence electrons. The maximum Gasteiger partial charge on any atom is 0.0234 e. The van der Waals surface area contributed by atoms with Crippen LogP contribution in [0.25, 0.3) is 0 Å². The first kappa shape index (κ1) is 12.0. The molecule has 0 unspecified atom stereocenters. The van der Waals surface area contributed by atoms with Crippen LogP contribution in [0.15, 0.2) is 18.2 Å². The molecule has 1 aromatic carbocycles. The van der Waals surface area contributed by atoms with E-state index in [0.29, 0.717) is 5.41 Å². The first-order valence-corrected chi connectivity index (χ1v) is 7.22. The lowest BCUT2D eigenvalue weighted by Gasteiger charge is -2.38. The standard InChI is InChI=1S/C14H21NS/c1-14(2)10-15(3)8-12-7-11(9-16-4)5-6-13(12)14/h5-7H,8-10H2,1-4H3. The minimum atomic E-state index is 0.292. The van der Waals surface area contributed by atoms with Crippen molar-refractivity contribution in [3.8, 4) is 0 Å². The second kappa shape index (κ2) is 4.42. The van der Waals surface area contributed by atoms with Crippen molar-refractivity contribution in [2.24, 2.45) is 0 Å². The van der Waals surface area contributed by atoms with Gasteiger partial charge >= 0.3 is 0 Å². The molecule has 0 fully saturated rings. The van der Waals surface area contributed by atoms with Gasteiger partial charge in [0, 0.05) is 24.3 Å². The summed E-state index contributed by atoms with van der Waals surface area (Å²) >= 11 is 1.89. The van der Waals surface area contributed by atoms with Crippen molar-refractivity contribution in [3.05, 3.63) is 34.9 Å². The number of hydrogen-bond donors (Lipinski definition) is 0. The Morgan fingerprint density at radius 3 is 2.81 bits per heavy atom. The molecule has 0 aromatic heterocycles. The van der Waals surface area contributed by atoms with Crippen LogP contribution in [0.4, 0.5) is 0 Å². The Bertz CT molecular complexity index is 384. The first-order valence-electron chi connectivity index (χ1n) is 5.83. The number of fused-ring (bicyclic) bond motifs is 1. The minimum absolute atomic E-state index is 0.292. The SMILES string of the molecule is CSCc1ccc2c(c1)CN(C)CC2(C)C.